The van der Waals surface area contributed by atoms with E-state index >= 15 is 0 Å². The summed E-state index contributed by atoms with van der Waals surface area (Å²) in [7, 11) is 1.73. The number of ether oxygens (including phenoxy) is 1. The zero-order valence-electron chi connectivity index (χ0n) is 23.0. The fraction of sp³-hybridized carbons (Fsp3) is 0.471. The van der Waals surface area contributed by atoms with Crippen molar-refractivity contribution in [1.29, 1.82) is 0 Å². The molecule has 0 amide bonds. The molecule has 1 fully saturated rings. The van der Waals surface area contributed by atoms with Crippen LogP contribution in [0.4, 0.5) is 5.69 Å². The molecule has 4 nitrogen and oxygen atoms in total. The number of aromatic hydroxyl groups is 1. The number of aryl methyl sites for hydroxylation is 2. The Labute approximate surface area is 228 Å². The lowest BCUT2D eigenvalue weighted by Gasteiger charge is -2.27. The van der Waals surface area contributed by atoms with Crippen molar-refractivity contribution in [1.82, 2.24) is 5.32 Å². The quantitative estimate of drug-likeness (QED) is 0.238. The Hall–Kier alpha value is -2.98. The van der Waals surface area contributed by atoms with Crippen LogP contribution in [0.15, 0.2) is 60.7 Å². The zero-order chi connectivity index (χ0) is 26.2. The molecule has 0 spiro atoms. The number of phenolic OH excluding ortho intramolecular Hbond substituents is 1. The van der Waals surface area contributed by atoms with Crippen molar-refractivity contribution >= 4 is 5.69 Å². The highest BCUT2D eigenvalue weighted by atomic mass is 16.5. The molecule has 0 saturated heterocycles. The lowest BCUT2D eigenvalue weighted by molar-refractivity contribution is 0.375. The van der Waals surface area contributed by atoms with Gasteiger partial charge in [-0.05, 0) is 110 Å². The Bertz CT molecular complexity index is 1170. The fourth-order valence-corrected chi connectivity index (χ4v) is 6.29. The third kappa shape index (κ3) is 7.11. The monoisotopic (exact) mass is 512 g/mol. The molecule has 0 aromatic heterocycles. The second kappa shape index (κ2) is 13.2. The number of phenols is 1. The van der Waals surface area contributed by atoms with Crippen molar-refractivity contribution in [3.8, 4) is 11.5 Å². The molecule has 3 aromatic rings. The van der Waals surface area contributed by atoms with E-state index in [0.29, 0.717) is 11.7 Å². The summed E-state index contributed by atoms with van der Waals surface area (Å²) >= 11 is 0. The highest BCUT2D eigenvalue weighted by Gasteiger charge is 2.23. The fourth-order valence-electron chi connectivity index (χ4n) is 6.29. The minimum atomic E-state index is 0.371. The first-order chi connectivity index (χ1) is 18.7. The van der Waals surface area contributed by atoms with Gasteiger partial charge in [0.25, 0.3) is 0 Å². The van der Waals surface area contributed by atoms with Crippen LogP contribution in [-0.4, -0.2) is 31.3 Å². The largest absolute Gasteiger partial charge is 0.508 e. The van der Waals surface area contributed by atoms with Crippen molar-refractivity contribution in [3.05, 3.63) is 88.5 Å². The number of fused-ring (bicyclic) bond motifs is 1. The molecule has 0 heterocycles. The Morgan fingerprint density at radius 2 is 1.61 bits per heavy atom. The van der Waals surface area contributed by atoms with Crippen LogP contribution in [0, 0.1) is 0 Å². The predicted octanol–water partition coefficient (Wildman–Crippen LogP) is 7.18. The van der Waals surface area contributed by atoms with E-state index in [2.05, 4.69) is 59.2 Å². The van der Waals surface area contributed by atoms with Gasteiger partial charge in [-0.25, -0.2) is 0 Å². The normalized spacial score (nSPS) is 17.7. The first-order valence-corrected chi connectivity index (χ1v) is 14.7. The molecule has 0 aliphatic heterocycles. The Kier molecular flexibility index (Phi) is 9.24. The van der Waals surface area contributed by atoms with Crippen LogP contribution in [-0.2, 0) is 25.7 Å². The maximum absolute atomic E-state index is 9.84. The van der Waals surface area contributed by atoms with Crippen LogP contribution >= 0.6 is 0 Å². The second-order valence-corrected chi connectivity index (χ2v) is 11.2. The number of benzene rings is 3. The number of nitrogens with one attached hydrogen (secondary N) is 2. The Morgan fingerprint density at radius 1 is 0.816 bits per heavy atom. The van der Waals surface area contributed by atoms with E-state index in [9.17, 15) is 5.11 Å². The van der Waals surface area contributed by atoms with Gasteiger partial charge < -0.3 is 20.5 Å². The molecule has 2 aliphatic rings. The molecule has 38 heavy (non-hydrogen) atoms. The lowest BCUT2D eigenvalue weighted by Crippen LogP contribution is -2.32. The molecular weight excluding hydrogens is 468 g/mol. The first-order valence-electron chi connectivity index (χ1n) is 14.7. The van der Waals surface area contributed by atoms with E-state index in [0.717, 1.165) is 63.4 Å². The van der Waals surface area contributed by atoms with Gasteiger partial charge in [0.2, 0.25) is 0 Å². The second-order valence-electron chi connectivity index (χ2n) is 11.2. The topological polar surface area (TPSA) is 53.5 Å². The van der Waals surface area contributed by atoms with Crippen LogP contribution in [0.25, 0.3) is 0 Å². The smallest absolute Gasteiger partial charge is 0.120 e. The SMILES string of the molecule is COc1ccc([C@@H]2CCc3cc(O)ccc3C2)c(NCCCc2ccc(CCNC3CCCCC3)cc2)c1. The Morgan fingerprint density at radius 3 is 2.39 bits per heavy atom. The van der Waals surface area contributed by atoms with Crippen molar-refractivity contribution in [2.75, 3.05) is 25.5 Å². The summed E-state index contributed by atoms with van der Waals surface area (Å²) < 4.78 is 5.54. The molecular formula is C34H44N2O2. The van der Waals surface area contributed by atoms with Gasteiger partial charge in [-0.15, -0.1) is 0 Å². The van der Waals surface area contributed by atoms with Crippen molar-refractivity contribution in [3.63, 3.8) is 0 Å². The lowest BCUT2D eigenvalue weighted by atomic mass is 9.79. The van der Waals surface area contributed by atoms with Crippen molar-refractivity contribution in [2.45, 2.75) is 82.6 Å². The van der Waals surface area contributed by atoms with E-state index in [1.807, 2.05) is 12.1 Å². The van der Waals surface area contributed by atoms with Gasteiger partial charge in [-0.1, -0.05) is 55.7 Å². The van der Waals surface area contributed by atoms with E-state index in [-0.39, 0.29) is 0 Å². The van der Waals surface area contributed by atoms with Crippen LogP contribution < -0.4 is 15.4 Å². The molecule has 1 atom stereocenters. The van der Waals surface area contributed by atoms with Crippen LogP contribution in [0.2, 0.25) is 0 Å². The predicted molar refractivity (Wildman–Crippen MR) is 158 cm³/mol. The zero-order valence-corrected chi connectivity index (χ0v) is 23.0. The third-order valence-electron chi connectivity index (χ3n) is 8.55. The van der Waals surface area contributed by atoms with Crippen LogP contribution in [0.5, 0.6) is 11.5 Å². The summed E-state index contributed by atoms with van der Waals surface area (Å²) in [6, 6.07) is 22.3. The van der Waals surface area contributed by atoms with Gasteiger partial charge in [0, 0.05) is 24.3 Å². The highest BCUT2D eigenvalue weighted by Crippen LogP contribution is 2.38. The van der Waals surface area contributed by atoms with Gasteiger partial charge in [0.15, 0.2) is 0 Å². The summed E-state index contributed by atoms with van der Waals surface area (Å²) in [5.74, 6) is 1.74. The van der Waals surface area contributed by atoms with Gasteiger partial charge in [0.1, 0.15) is 11.5 Å². The van der Waals surface area contributed by atoms with E-state index < -0.39 is 0 Å². The average molecular weight is 513 g/mol. The standard InChI is InChI=1S/C34H44N2O2/c1-38-32-17-18-33(29-14-13-28-23-31(37)16-15-27(28)22-29)34(24-32)36-20-5-6-25-9-11-26(12-10-25)19-21-35-30-7-3-2-4-8-30/h9-12,15-18,23-24,29-30,35-37H,2-8,13-14,19-22H2,1H3/t29-/m1/s1. The van der Waals surface area contributed by atoms with E-state index in [1.54, 1.807) is 7.11 Å². The third-order valence-corrected chi connectivity index (χ3v) is 8.55. The van der Waals surface area contributed by atoms with Crippen molar-refractivity contribution < 1.29 is 9.84 Å². The molecule has 0 radical (unpaired) electrons. The number of rotatable bonds is 11. The maximum Gasteiger partial charge on any atom is 0.120 e. The van der Waals surface area contributed by atoms with Crippen molar-refractivity contribution in [2.24, 2.45) is 0 Å². The molecule has 3 aromatic carbocycles. The summed E-state index contributed by atoms with van der Waals surface area (Å²) in [4.78, 5) is 0. The highest BCUT2D eigenvalue weighted by molar-refractivity contribution is 5.57. The van der Waals surface area contributed by atoms with Crippen LogP contribution in [0.3, 0.4) is 0 Å². The van der Waals surface area contributed by atoms with Crippen LogP contribution in [0.1, 0.15) is 78.7 Å². The van der Waals surface area contributed by atoms with E-state index in [4.69, 9.17) is 4.74 Å². The number of anilines is 1. The van der Waals surface area contributed by atoms with Gasteiger partial charge >= 0.3 is 0 Å². The number of hydrogen-bond acceptors (Lipinski definition) is 4. The minimum Gasteiger partial charge on any atom is -0.508 e. The van der Waals surface area contributed by atoms with Gasteiger partial charge in [-0.2, -0.15) is 0 Å². The Balaban J connectivity index is 1.11. The molecule has 0 bridgehead atoms. The molecule has 1 saturated carbocycles. The average Bonchev–Trinajstić information content (AvgIpc) is 2.96. The van der Waals surface area contributed by atoms with Gasteiger partial charge in [-0.3, -0.25) is 0 Å². The number of methoxy groups -OCH3 is 1. The van der Waals surface area contributed by atoms with Gasteiger partial charge in [0.05, 0.1) is 7.11 Å². The maximum atomic E-state index is 9.84. The number of hydrogen-bond donors (Lipinski definition) is 3. The minimum absolute atomic E-state index is 0.371. The molecule has 2 aliphatic carbocycles. The molecule has 0 unspecified atom stereocenters. The molecule has 3 N–H and O–H groups in total. The molecule has 202 valence electrons. The summed E-state index contributed by atoms with van der Waals surface area (Å²) in [5.41, 5.74) is 8.05. The molecule has 4 heteroatoms. The van der Waals surface area contributed by atoms with E-state index in [1.165, 1.54) is 65.6 Å². The summed E-state index contributed by atoms with van der Waals surface area (Å²) in [6.45, 7) is 2.02. The molecule has 5 rings (SSSR count). The summed E-state index contributed by atoms with van der Waals surface area (Å²) in [6.07, 6.45) is 13.3. The summed E-state index contributed by atoms with van der Waals surface area (Å²) in [5, 5.41) is 17.3. The first kappa shape index (κ1) is 26.6.